The predicted molar refractivity (Wildman–Crippen MR) is 125 cm³/mol. The third-order valence-corrected chi connectivity index (χ3v) is 8.52. The van der Waals surface area contributed by atoms with E-state index in [-0.39, 0.29) is 18.6 Å². The number of aromatic nitrogens is 1. The molecular formula is C23H37N3O6S. The van der Waals surface area contributed by atoms with E-state index < -0.39 is 21.2 Å². The van der Waals surface area contributed by atoms with Crippen molar-refractivity contribution in [2.24, 2.45) is 0 Å². The number of rotatable bonds is 12. The molecule has 10 heteroatoms. The highest BCUT2D eigenvalue weighted by molar-refractivity contribution is 7.90. The van der Waals surface area contributed by atoms with Crippen molar-refractivity contribution in [3.63, 3.8) is 0 Å². The summed E-state index contributed by atoms with van der Waals surface area (Å²) in [6.45, 7) is 1.69. The first kappa shape index (κ1) is 25.9. The van der Waals surface area contributed by atoms with Crippen LogP contribution in [0.3, 0.4) is 0 Å². The van der Waals surface area contributed by atoms with Gasteiger partial charge in [0.1, 0.15) is 0 Å². The van der Waals surface area contributed by atoms with E-state index >= 15 is 0 Å². The Balaban J connectivity index is 1.43. The van der Waals surface area contributed by atoms with Gasteiger partial charge < -0.3 is 19.9 Å². The molecule has 2 atom stereocenters. The molecule has 1 aromatic heterocycles. The van der Waals surface area contributed by atoms with Gasteiger partial charge >= 0.3 is 5.97 Å². The number of unbranched alkanes of at least 4 members (excludes halogenated alkanes) is 1. The lowest BCUT2D eigenvalue weighted by atomic mass is 9.85. The molecule has 2 heterocycles. The number of piperidine rings is 1. The number of carbonyl (C=O) groups is 1. The summed E-state index contributed by atoms with van der Waals surface area (Å²) in [7, 11) is -1.86. The van der Waals surface area contributed by atoms with Crippen LogP contribution in [0.25, 0.3) is 0 Å². The molecule has 9 nitrogen and oxygen atoms in total. The van der Waals surface area contributed by atoms with E-state index in [1.54, 1.807) is 0 Å². The molecule has 1 aliphatic carbocycles. The molecule has 1 saturated heterocycles. The van der Waals surface area contributed by atoms with Gasteiger partial charge in [0.25, 0.3) is 0 Å². The average Bonchev–Trinajstić information content (AvgIpc) is 2.83. The SMILES string of the molecule is CNS(=O)(=O)[C@H]1CCCN[C@H]1COC1CCC(c2cccc(OCCCCC(=O)O)n2)CC1. The van der Waals surface area contributed by atoms with Gasteiger partial charge in [-0.25, -0.2) is 18.1 Å². The molecule has 0 bridgehead atoms. The van der Waals surface area contributed by atoms with Gasteiger partial charge in [-0.1, -0.05) is 6.07 Å². The summed E-state index contributed by atoms with van der Waals surface area (Å²) in [5.74, 6) is 0.152. The highest BCUT2D eigenvalue weighted by Gasteiger charge is 2.35. The summed E-state index contributed by atoms with van der Waals surface area (Å²) in [6.07, 6.45) is 6.86. The smallest absolute Gasteiger partial charge is 0.303 e. The predicted octanol–water partition coefficient (Wildman–Crippen LogP) is 2.43. The normalized spacial score (nSPS) is 26.1. The van der Waals surface area contributed by atoms with Crippen molar-refractivity contribution in [3.05, 3.63) is 23.9 Å². The van der Waals surface area contributed by atoms with E-state index in [0.717, 1.165) is 44.3 Å². The second-order valence-corrected chi connectivity index (χ2v) is 11.0. The molecule has 3 rings (SSSR count). The zero-order chi connectivity index (χ0) is 23.7. The number of nitrogens with zero attached hydrogens (tertiary/aromatic N) is 1. The van der Waals surface area contributed by atoms with Crippen molar-refractivity contribution in [1.29, 1.82) is 0 Å². The summed E-state index contributed by atoms with van der Waals surface area (Å²) in [5, 5.41) is 11.6. The molecule has 0 radical (unpaired) electrons. The van der Waals surface area contributed by atoms with Crippen molar-refractivity contribution >= 4 is 16.0 Å². The molecule has 3 N–H and O–H groups in total. The van der Waals surface area contributed by atoms with Crippen LogP contribution < -0.4 is 14.8 Å². The van der Waals surface area contributed by atoms with E-state index in [1.165, 1.54) is 7.05 Å². The average molecular weight is 484 g/mol. The maximum Gasteiger partial charge on any atom is 0.303 e. The topological polar surface area (TPSA) is 127 Å². The molecule has 186 valence electrons. The second kappa shape index (κ2) is 12.6. The van der Waals surface area contributed by atoms with Crippen molar-refractivity contribution < 1.29 is 27.8 Å². The molecule has 1 saturated carbocycles. The van der Waals surface area contributed by atoms with Crippen LogP contribution in [-0.4, -0.2) is 68.7 Å². The molecule has 1 aliphatic heterocycles. The fourth-order valence-electron chi connectivity index (χ4n) is 4.67. The summed E-state index contributed by atoms with van der Waals surface area (Å²) in [6, 6.07) is 5.64. The number of hydrogen-bond donors (Lipinski definition) is 3. The summed E-state index contributed by atoms with van der Waals surface area (Å²) in [4.78, 5) is 15.2. The van der Waals surface area contributed by atoms with Gasteiger partial charge in [0.15, 0.2) is 0 Å². The largest absolute Gasteiger partial charge is 0.481 e. The zero-order valence-electron chi connectivity index (χ0n) is 19.4. The Morgan fingerprint density at radius 1 is 1.21 bits per heavy atom. The number of ether oxygens (including phenoxy) is 2. The van der Waals surface area contributed by atoms with Gasteiger partial charge in [-0.2, -0.15) is 0 Å². The minimum Gasteiger partial charge on any atom is -0.481 e. The number of carboxylic acids is 1. The molecule has 0 spiro atoms. The van der Waals surface area contributed by atoms with Gasteiger partial charge in [0, 0.05) is 30.1 Å². The number of hydrogen-bond acceptors (Lipinski definition) is 7. The summed E-state index contributed by atoms with van der Waals surface area (Å²) < 4.78 is 39.0. The second-order valence-electron chi connectivity index (χ2n) is 8.90. The number of pyridine rings is 1. The van der Waals surface area contributed by atoms with E-state index in [0.29, 0.717) is 44.3 Å². The van der Waals surface area contributed by atoms with Crippen LogP contribution in [0, 0.1) is 0 Å². The number of sulfonamides is 1. The van der Waals surface area contributed by atoms with E-state index in [9.17, 15) is 13.2 Å². The van der Waals surface area contributed by atoms with E-state index in [2.05, 4.69) is 15.0 Å². The van der Waals surface area contributed by atoms with Crippen LogP contribution in [0.2, 0.25) is 0 Å². The van der Waals surface area contributed by atoms with Gasteiger partial charge in [-0.15, -0.1) is 0 Å². The number of carboxylic acid groups (broad SMARTS) is 1. The van der Waals surface area contributed by atoms with Gasteiger partial charge in [-0.3, -0.25) is 4.79 Å². The highest BCUT2D eigenvalue weighted by Crippen LogP contribution is 2.34. The molecule has 0 amide bonds. The first-order chi connectivity index (χ1) is 15.9. The van der Waals surface area contributed by atoms with Gasteiger partial charge in [0.2, 0.25) is 15.9 Å². The van der Waals surface area contributed by atoms with E-state index in [4.69, 9.17) is 14.6 Å². The monoisotopic (exact) mass is 483 g/mol. The maximum atomic E-state index is 12.3. The molecule has 1 aromatic rings. The Morgan fingerprint density at radius 3 is 2.73 bits per heavy atom. The van der Waals surface area contributed by atoms with Crippen molar-refractivity contribution in [2.45, 2.75) is 81.1 Å². The Morgan fingerprint density at radius 2 is 2.00 bits per heavy atom. The molecule has 0 aromatic carbocycles. The van der Waals surface area contributed by atoms with Crippen LogP contribution in [0.15, 0.2) is 18.2 Å². The van der Waals surface area contributed by atoms with Gasteiger partial charge in [-0.05, 0) is 71.0 Å². The lowest BCUT2D eigenvalue weighted by molar-refractivity contribution is -0.137. The fourth-order valence-corrected chi connectivity index (χ4v) is 6.06. The molecule has 0 unspecified atom stereocenters. The van der Waals surface area contributed by atoms with Crippen LogP contribution in [0.5, 0.6) is 5.88 Å². The Kier molecular flexibility index (Phi) is 9.91. The van der Waals surface area contributed by atoms with Crippen molar-refractivity contribution in [1.82, 2.24) is 15.0 Å². The first-order valence-corrected chi connectivity index (χ1v) is 13.5. The Bertz CT molecular complexity index is 858. The Labute approximate surface area is 196 Å². The van der Waals surface area contributed by atoms with Crippen LogP contribution in [0.4, 0.5) is 0 Å². The molecule has 2 aliphatic rings. The minimum absolute atomic E-state index is 0.136. The van der Waals surface area contributed by atoms with Crippen LogP contribution >= 0.6 is 0 Å². The third-order valence-electron chi connectivity index (χ3n) is 6.59. The summed E-state index contributed by atoms with van der Waals surface area (Å²) >= 11 is 0. The maximum absolute atomic E-state index is 12.3. The fraction of sp³-hybridized carbons (Fsp3) is 0.739. The number of aliphatic carboxylic acids is 1. The zero-order valence-corrected chi connectivity index (χ0v) is 20.2. The van der Waals surface area contributed by atoms with Crippen molar-refractivity contribution in [2.75, 3.05) is 26.8 Å². The van der Waals surface area contributed by atoms with Crippen molar-refractivity contribution in [3.8, 4) is 5.88 Å². The van der Waals surface area contributed by atoms with Crippen LogP contribution in [-0.2, 0) is 19.6 Å². The molecule has 33 heavy (non-hydrogen) atoms. The summed E-state index contributed by atoms with van der Waals surface area (Å²) in [5.41, 5.74) is 1.02. The van der Waals surface area contributed by atoms with E-state index in [1.807, 2.05) is 18.2 Å². The first-order valence-electron chi connectivity index (χ1n) is 12.0. The van der Waals surface area contributed by atoms with Gasteiger partial charge in [0.05, 0.1) is 24.6 Å². The standard InChI is InChI=1S/C23H37N3O6S/c1-24-33(29,30)21-7-5-14-25-20(21)16-32-18-12-10-17(11-13-18)19-6-4-8-22(26-19)31-15-3-2-9-23(27)28/h4,6,8,17-18,20-21,24-25H,2-3,5,7,9-16H2,1H3,(H,27,28)/t17?,18?,20-,21-/m0/s1. The molecule has 2 fully saturated rings. The lowest BCUT2D eigenvalue weighted by Gasteiger charge is -2.34. The minimum atomic E-state index is -3.32. The quantitative estimate of drug-likeness (QED) is 0.387. The third kappa shape index (κ3) is 7.91. The van der Waals surface area contributed by atoms with Crippen LogP contribution in [0.1, 0.15) is 69.4 Å². The highest BCUT2D eigenvalue weighted by atomic mass is 32.2. The lowest BCUT2D eigenvalue weighted by Crippen LogP contribution is -2.53. The Hall–Kier alpha value is -1.75. The number of nitrogens with one attached hydrogen (secondary N) is 2. The molecular weight excluding hydrogens is 446 g/mol.